The Morgan fingerprint density at radius 2 is 1.93 bits per heavy atom. The zero-order valence-electron chi connectivity index (χ0n) is 7.15. The van der Waals surface area contributed by atoms with Crippen LogP contribution in [-0.4, -0.2) is 11.5 Å². The lowest BCUT2D eigenvalue weighted by Gasteiger charge is -2.04. The minimum Gasteiger partial charge on any atom is -0.382 e. The van der Waals surface area contributed by atoms with Gasteiger partial charge in [-0.05, 0) is 17.5 Å². The first-order chi connectivity index (χ1) is 6.68. The van der Waals surface area contributed by atoms with Crippen molar-refractivity contribution in [2.24, 2.45) is 0 Å². The summed E-state index contributed by atoms with van der Waals surface area (Å²) in [5.74, 6) is 0. The van der Waals surface area contributed by atoms with Crippen molar-refractivity contribution >= 4 is 21.4 Å². The van der Waals surface area contributed by atoms with Crippen molar-refractivity contribution < 1.29 is 13.9 Å². The van der Waals surface area contributed by atoms with E-state index in [4.69, 9.17) is 5.11 Å². The molecular formula is C10H8F2OS. The van der Waals surface area contributed by atoms with E-state index in [0.29, 0.717) is 4.88 Å². The van der Waals surface area contributed by atoms with Crippen LogP contribution in [0.2, 0.25) is 0 Å². The van der Waals surface area contributed by atoms with Gasteiger partial charge in [0.1, 0.15) is 6.10 Å². The lowest BCUT2D eigenvalue weighted by Crippen LogP contribution is -2.05. The van der Waals surface area contributed by atoms with Gasteiger partial charge in [-0.25, -0.2) is 8.78 Å². The van der Waals surface area contributed by atoms with Gasteiger partial charge in [-0.1, -0.05) is 18.2 Å². The molecule has 2 rings (SSSR count). The third kappa shape index (κ3) is 1.63. The Bertz CT molecular complexity index is 405. The Hall–Kier alpha value is -1.00. The van der Waals surface area contributed by atoms with Crippen LogP contribution >= 0.6 is 11.3 Å². The molecular weight excluding hydrogens is 206 g/mol. The molecule has 1 aromatic heterocycles. The molecule has 1 N–H and O–H groups in total. The summed E-state index contributed by atoms with van der Waals surface area (Å²) in [6, 6.07) is 8.98. The minimum absolute atomic E-state index is 0.321. The number of hydrogen-bond donors (Lipinski definition) is 1. The lowest BCUT2D eigenvalue weighted by atomic mass is 10.2. The van der Waals surface area contributed by atoms with E-state index in [9.17, 15) is 8.78 Å². The van der Waals surface area contributed by atoms with Crippen LogP contribution in [0.5, 0.6) is 0 Å². The van der Waals surface area contributed by atoms with Crippen LogP contribution in [0.15, 0.2) is 30.3 Å². The van der Waals surface area contributed by atoms with E-state index in [1.807, 2.05) is 24.3 Å². The third-order valence-corrected chi connectivity index (χ3v) is 3.16. The van der Waals surface area contributed by atoms with Crippen molar-refractivity contribution in [1.82, 2.24) is 0 Å². The summed E-state index contributed by atoms with van der Waals surface area (Å²) >= 11 is 1.20. The molecule has 0 amide bonds. The zero-order valence-corrected chi connectivity index (χ0v) is 7.97. The highest BCUT2D eigenvalue weighted by Gasteiger charge is 2.20. The monoisotopic (exact) mass is 214 g/mol. The Morgan fingerprint density at radius 3 is 2.57 bits per heavy atom. The summed E-state index contributed by atoms with van der Waals surface area (Å²) in [5.41, 5.74) is 0. The van der Waals surface area contributed by atoms with Crippen molar-refractivity contribution in [2.45, 2.75) is 12.5 Å². The Labute approximate surface area is 83.6 Å². The topological polar surface area (TPSA) is 20.2 Å². The number of rotatable bonds is 2. The van der Waals surface area contributed by atoms with Crippen LogP contribution < -0.4 is 0 Å². The molecule has 1 nitrogen and oxygen atoms in total. The van der Waals surface area contributed by atoms with Gasteiger partial charge in [0.25, 0.3) is 6.43 Å². The van der Waals surface area contributed by atoms with E-state index in [1.165, 1.54) is 11.3 Å². The van der Waals surface area contributed by atoms with E-state index in [1.54, 1.807) is 6.07 Å². The first kappa shape index (κ1) is 9.55. The summed E-state index contributed by atoms with van der Waals surface area (Å²) in [5, 5.41) is 10.1. The molecule has 1 unspecified atom stereocenters. The largest absolute Gasteiger partial charge is 0.382 e. The number of benzene rings is 1. The van der Waals surface area contributed by atoms with Gasteiger partial charge in [-0.2, -0.15) is 0 Å². The average molecular weight is 214 g/mol. The second kappa shape index (κ2) is 3.63. The van der Waals surface area contributed by atoms with Gasteiger partial charge in [0.15, 0.2) is 0 Å². The Morgan fingerprint density at radius 1 is 1.21 bits per heavy atom. The van der Waals surface area contributed by atoms with E-state index in [2.05, 4.69) is 0 Å². The highest BCUT2D eigenvalue weighted by molar-refractivity contribution is 7.19. The summed E-state index contributed by atoms with van der Waals surface area (Å²) in [6.45, 7) is 0. The lowest BCUT2D eigenvalue weighted by molar-refractivity contribution is -0.00365. The summed E-state index contributed by atoms with van der Waals surface area (Å²) in [7, 11) is 0. The smallest absolute Gasteiger partial charge is 0.268 e. The molecule has 0 aliphatic rings. The third-order valence-electron chi connectivity index (χ3n) is 1.97. The molecule has 0 radical (unpaired) electrons. The number of halogens is 2. The highest BCUT2D eigenvalue weighted by atomic mass is 32.1. The number of aliphatic hydroxyl groups excluding tert-OH is 1. The molecule has 0 aliphatic carbocycles. The number of fused-ring (bicyclic) bond motifs is 1. The summed E-state index contributed by atoms with van der Waals surface area (Å²) in [6.07, 6.45) is -4.38. The number of alkyl halides is 2. The molecule has 0 fully saturated rings. The van der Waals surface area contributed by atoms with Gasteiger partial charge in [0, 0.05) is 9.58 Å². The fourth-order valence-corrected chi connectivity index (χ4v) is 2.33. The van der Waals surface area contributed by atoms with E-state index in [0.717, 1.165) is 10.1 Å². The molecule has 0 spiro atoms. The normalized spacial score (nSPS) is 13.7. The second-order valence-corrected chi connectivity index (χ2v) is 4.08. The maximum absolute atomic E-state index is 12.2. The molecule has 0 saturated heterocycles. The SMILES string of the molecule is OC(c1cc2ccccc2s1)C(F)F. The van der Waals surface area contributed by atoms with Gasteiger partial charge in [-0.3, -0.25) is 0 Å². The quantitative estimate of drug-likeness (QED) is 0.813. The highest BCUT2D eigenvalue weighted by Crippen LogP contribution is 2.32. The molecule has 14 heavy (non-hydrogen) atoms. The molecule has 0 bridgehead atoms. The van der Waals surface area contributed by atoms with E-state index in [-0.39, 0.29) is 0 Å². The van der Waals surface area contributed by atoms with Gasteiger partial charge < -0.3 is 5.11 Å². The minimum atomic E-state index is -2.72. The average Bonchev–Trinajstić information content (AvgIpc) is 2.59. The molecule has 1 aromatic carbocycles. The van der Waals surface area contributed by atoms with Crippen LogP contribution in [-0.2, 0) is 0 Å². The van der Waals surface area contributed by atoms with Gasteiger partial charge in [-0.15, -0.1) is 11.3 Å². The Kier molecular flexibility index (Phi) is 2.48. The summed E-state index contributed by atoms with van der Waals surface area (Å²) in [4.78, 5) is 0.321. The van der Waals surface area contributed by atoms with Gasteiger partial charge in [0.05, 0.1) is 0 Å². The van der Waals surface area contributed by atoms with Gasteiger partial charge in [0.2, 0.25) is 0 Å². The van der Waals surface area contributed by atoms with Crippen molar-refractivity contribution in [1.29, 1.82) is 0 Å². The molecule has 1 heterocycles. The fourth-order valence-electron chi connectivity index (χ4n) is 1.27. The van der Waals surface area contributed by atoms with E-state index < -0.39 is 12.5 Å². The first-order valence-electron chi connectivity index (χ1n) is 4.13. The molecule has 0 saturated carbocycles. The fraction of sp³-hybridized carbons (Fsp3) is 0.200. The number of hydrogen-bond acceptors (Lipinski definition) is 2. The van der Waals surface area contributed by atoms with Crippen LogP contribution in [0.4, 0.5) is 8.78 Å². The number of aliphatic hydroxyl groups is 1. The second-order valence-electron chi connectivity index (χ2n) is 2.97. The van der Waals surface area contributed by atoms with E-state index >= 15 is 0 Å². The first-order valence-corrected chi connectivity index (χ1v) is 4.95. The summed E-state index contributed by atoms with van der Waals surface area (Å²) < 4.78 is 25.3. The predicted molar refractivity (Wildman–Crippen MR) is 52.8 cm³/mol. The molecule has 1 atom stereocenters. The van der Waals surface area contributed by atoms with Crippen LogP contribution in [0.3, 0.4) is 0 Å². The van der Waals surface area contributed by atoms with Crippen molar-refractivity contribution in [3.8, 4) is 0 Å². The molecule has 74 valence electrons. The molecule has 2 aromatic rings. The maximum Gasteiger partial charge on any atom is 0.268 e. The number of thiophene rings is 1. The van der Waals surface area contributed by atoms with Crippen LogP contribution in [0, 0.1) is 0 Å². The van der Waals surface area contributed by atoms with Crippen LogP contribution in [0.1, 0.15) is 11.0 Å². The standard InChI is InChI=1S/C10H8F2OS/c11-10(12)9(13)8-5-6-3-1-2-4-7(6)14-8/h1-5,9-10,13H. The zero-order chi connectivity index (χ0) is 10.1. The predicted octanol–water partition coefficient (Wildman–Crippen LogP) is 3.20. The van der Waals surface area contributed by atoms with Gasteiger partial charge >= 0.3 is 0 Å². The Balaban J connectivity index is 2.45. The van der Waals surface area contributed by atoms with Crippen molar-refractivity contribution in [3.05, 3.63) is 35.2 Å². The molecule has 0 aliphatic heterocycles. The van der Waals surface area contributed by atoms with Crippen molar-refractivity contribution in [2.75, 3.05) is 0 Å². The molecule has 4 heteroatoms. The van der Waals surface area contributed by atoms with Crippen molar-refractivity contribution in [3.63, 3.8) is 0 Å². The van der Waals surface area contributed by atoms with Crippen LogP contribution in [0.25, 0.3) is 10.1 Å². The maximum atomic E-state index is 12.2.